The van der Waals surface area contributed by atoms with Gasteiger partial charge in [0.15, 0.2) is 12.6 Å². The Hall–Kier alpha value is -2.05. The van der Waals surface area contributed by atoms with Crippen molar-refractivity contribution in [3.05, 3.63) is 48.6 Å². The maximum absolute atomic E-state index is 13.4. The minimum atomic E-state index is -1.79. The van der Waals surface area contributed by atoms with Crippen LogP contribution in [0.15, 0.2) is 48.6 Å². The van der Waals surface area contributed by atoms with Crippen molar-refractivity contribution in [2.24, 2.45) is 0 Å². The van der Waals surface area contributed by atoms with E-state index in [-0.39, 0.29) is 18.9 Å². The number of carbonyl (C=O) groups is 1. The number of aliphatic hydroxyl groups is 8. The van der Waals surface area contributed by atoms with Crippen LogP contribution in [0.5, 0.6) is 0 Å². The quantitative estimate of drug-likeness (QED) is 0.0204. The maximum atomic E-state index is 13.4. The molecule has 93 heavy (non-hydrogen) atoms. The Bertz CT molecular complexity index is 1750. The Labute approximate surface area is 569 Å². The zero-order valence-electron chi connectivity index (χ0n) is 59.8. The van der Waals surface area contributed by atoms with Gasteiger partial charge in [0.1, 0.15) is 48.8 Å². The van der Waals surface area contributed by atoms with Crippen molar-refractivity contribution in [1.29, 1.82) is 0 Å². The summed E-state index contributed by atoms with van der Waals surface area (Å²) in [6.45, 7) is 2.83. The highest BCUT2D eigenvalue weighted by Crippen LogP contribution is 2.30. The van der Waals surface area contributed by atoms with E-state index in [0.717, 1.165) is 38.5 Å². The number of rotatable bonds is 66. The lowest BCUT2D eigenvalue weighted by Gasteiger charge is -2.46. The molecule has 2 aliphatic heterocycles. The Kier molecular flexibility index (Phi) is 59.3. The van der Waals surface area contributed by atoms with Gasteiger partial charge in [0.05, 0.1) is 32.0 Å². The van der Waals surface area contributed by atoms with E-state index in [1.54, 1.807) is 6.08 Å². The van der Waals surface area contributed by atoms with Crippen LogP contribution < -0.4 is 5.32 Å². The van der Waals surface area contributed by atoms with Gasteiger partial charge in [-0.2, -0.15) is 0 Å². The summed E-state index contributed by atoms with van der Waals surface area (Å²) >= 11 is 0. The second-order valence-electron chi connectivity index (χ2n) is 27.8. The lowest BCUT2D eigenvalue weighted by molar-refractivity contribution is -0.359. The van der Waals surface area contributed by atoms with E-state index in [0.29, 0.717) is 12.8 Å². The summed E-state index contributed by atoms with van der Waals surface area (Å²) in [6.07, 6.45) is 67.6. The van der Waals surface area contributed by atoms with Crippen LogP contribution in [0.2, 0.25) is 0 Å². The molecule has 2 saturated heterocycles. The molecule has 0 aromatic rings. The number of amides is 1. The van der Waals surface area contributed by atoms with Gasteiger partial charge < -0.3 is 65.1 Å². The van der Waals surface area contributed by atoms with Crippen LogP contribution in [0, 0.1) is 0 Å². The smallest absolute Gasteiger partial charge is 0.220 e. The number of carbonyl (C=O) groups excluding carboxylic acids is 1. The molecular formula is C79H147NO13. The second-order valence-corrected chi connectivity index (χ2v) is 27.8. The van der Waals surface area contributed by atoms with Gasteiger partial charge in [0.25, 0.3) is 0 Å². The van der Waals surface area contributed by atoms with Crippen LogP contribution in [-0.2, 0) is 23.7 Å². The molecule has 2 rings (SSSR count). The lowest BCUT2D eigenvalue weighted by atomic mass is 9.97. The molecule has 0 bridgehead atoms. The number of ether oxygens (including phenoxy) is 4. The Morgan fingerprint density at radius 1 is 0.387 bits per heavy atom. The standard InChI is InChI=1S/C79H147NO13/c1-3-5-7-9-11-13-15-17-19-21-23-25-27-29-31-32-33-34-35-36-37-39-41-43-45-47-49-51-53-55-57-59-61-63-71(84)80-67(66-90-78-76(89)74(87)77(70(65-82)92-78)93-79-75(88)73(86)72(85)69(64-81)91-79)68(83)62-60-58-56-54-52-50-48-46-44-42-40-38-30-28-26-24-22-20-18-16-14-12-10-8-6-4-2/h15,17,21,23,52,54,60,62,67-70,72-79,81-83,85-89H,3-14,16,18-20,22,24-51,53,55-59,61,63-66H2,1-2H3,(H,80,84)/b17-15-,23-21-,54-52+,62-60+. The third kappa shape index (κ3) is 46.8. The minimum Gasteiger partial charge on any atom is -0.394 e. The topological polar surface area (TPSA) is 228 Å². The maximum Gasteiger partial charge on any atom is 0.220 e. The summed E-state index contributed by atoms with van der Waals surface area (Å²) in [4.78, 5) is 13.4. The summed E-state index contributed by atoms with van der Waals surface area (Å²) in [5.41, 5.74) is 0. The normalized spacial score (nSPS) is 22.8. The Balaban J connectivity index is 1.63. The number of nitrogens with one attached hydrogen (secondary N) is 1. The molecule has 0 spiro atoms. The number of unbranched alkanes of at least 4 members (excludes halogenated alkanes) is 47. The van der Waals surface area contributed by atoms with E-state index in [1.807, 2.05) is 6.08 Å². The Morgan fingerprint density at radius 3 is 1.12 bits per heavy atom. The number of allylic oxidation sites excluding steroid dienone is 7. The van der Waals surface area contributed by atoms with E-state index in [2.05, 4.69) is 55.6 Å². The molecule has 2 heterocycles. The third-order valence-corrected chi connectivity index (χ3v) is 19.2. The summed E-state index contributed by atoms with van der Waals surface area (Å²) in [5, 5.41) is 87.6. The van der Waals surface area contributed by atoms with Gasteiger partial charge in [-0.3, -0.25) is 4.79 Å². The van der Waals surface area contributed by atoms with Crippen molar-refractivity contribution in [2.75, 3.05) is 19.8 Å². The van der Waals surface area contributed by atoms with Crippen LogP contribution in [0.1, 0.15) is 354 Å². The van der Waals surface area contributed by atoms with Gasteiger partial charge in [-0.1, -0.05) is 332 Å². The van der Waals surface area contributed by atoms with Crippen molar-refractivity contribution in [3.8, 4) is 0 Å². The van der Waals surface area contributed by atoms with Gasteiger partial charge in [0.2, 0.25) is 5.91 Å². The summed E-state index contributed by atoms with van der Waals surface area (Å²) in [5.74, 6) is -0.242. The molecular weight excluding hydrogens is 1170 g/mol. The molecule has 0 aromatic carbocycles. The molecule has 2 aliphatic rings. The number of hydrogen-bond acceptors (Lipinski definition) is 13. The molecule has 12 unspecified atom stereocenters. The van der Waals surface area contributed by atoms with Crippen molar-refractivity contribution in [1.82, 2.24) is 5.32 Å². The van der Waals surface area contributed by atoms with Gasteiger partial charge in [-0.05, 0) is 64.2 Å². The molecule has 9 N–H and O–H groups in total. The zero-order chi connectivity index (χ0) is 67.3. The van der Waals surface area contributed by atoms with Crippen LogP contribution >= 0.6 is 0 Å². The first-order chi connectivity index (χ1) is 45.6. The van der Waals surface area contributed by atoms with Crippen LogP contribution in [-0.4, -0.2) is 140 Å². The monoisotopic (exact) mass is 1320 g/mol. The fourth-order valence-corrected chi connectivity index (χ4v) is 13.0. The molecule has 0 aromatic heterocycles. The highest BCUT2D eigenvalue weighted by Gasteiger charge is 2.51. The van der Waals surface area contributed by atoms with Crippen LogP contribution in [0.4, 0.5) is 0 Å². The van der Waals surface area contributed by atoms with E-state index >= 15 is 0 Å². The van der Waals surface area contributed by atoms with Gasteiger partial charge in [0, 0.05) is 6.42 Å². The highest BCUT2D eigenvalue weighted by molar-refractivity contribution is 5.76. The first-order valence-corrected chi connectivity index (χ1v) is 39.4. The van der Waals surface area contributed by atoms with Crippen molar-refractivity contribution in [3.63, 3.8) is 0 Å². The second kappa shape index (κ2) is 63.4. The molecule has 14 heteroatoms. The van der Waals surface area contributed by atoms with Crippen LogP contribution in [0.25, 0.3) is 0 Å². The summed E-state index contributed by atoms with van der Waals surface area (Å²) < 4.78 is 22.9. The predicted molar refractivity (Wildman–Crippen MR) is 383 cm³/mol. The van der Waals surface area contributed by atoms with Crippen molar-refractivity contribution in [2.45, 2.75) is 428 Å². The molecule has 546 valence electrons. The molecule has 1 amide bonds. The molecule has 14 nitrogen and oxygen atoms in total. The SMILES string of the molecule is CCCCCCC/C=C\C/C=C\CCCCCCCCCCCCCCCCCCCCCCCC(=O)NC(COC1OC(CO)C(OC2OC(CO)C(O)C(O)C2O)C(O)C1O)C(O)/C=C/CC/C=C/CCCCCCCCCCCCCCCCCCCCCC. The average molecular weight is 1320 g/mol. The molecule has 12 atom stereocenters. The number of aliphatic hydroxyl groups excluding tert-OH is 8. The van der Waals surface area contributed by atoms with Gasteiger partial charge in [-0.15, -0.1) is 0 Å². The summed E-state index contributed by atoms with van der Waals surface area (Å²) in [6, 6.07) is -0.933. The largest absolute Gasteiger partial charge is 0.394 e. The fraction of sp³-hybridized carbons (Fsp3) is 0.886. The third-order valence-electron chi connectivity index (χ3n) is 19.2. The molecule has 0 saturated carbocycles. The van der Waals surface area contributed by atoms with E-state index in [9.17, 15) is 45.6 Å². The summed E-state index contributed by atoms with van der Waals surface area (Å²) in [7, 11) is 0. The van der Waals surface area contributed by atoms with Crippen molar-refractivity contribution < 1.29 is 64.6 Å². The van der Waals surface area contributed by atoms with E-state index < -0.39 is 86.8 Å². The minimum absolute atomic E-state index is 0.242. The highest BCUT2D eigenvalue weighted by atomic mass is 16.7. The fourth-order valence-electron chi connectivity index (χ4n) is 13.0. The predicted octanol–water partition coefficient (Wildman–Crippen LogP) is 17.4. The number of hydrogen-bond donors (Lipinski definition) is 9. The molecule has 0 radical (unpaired) electrons. The van der Waals surface area contributed by atoms with Gasteiger partial charge >= 0.3 is 0 Å². The van der Waals surface area contributed by atoms with E-state index in [4.69, 9.17) is 18.9 Å². The van der Waals surface area contributed by atoms with Gasteiger partial charge in [-0.25, -0.2) is 0 Å². The first kappa shape index (κ1) is 87.0. The van der Waals surface area contributed by atoms with E-state index in [1.165, 1.54) is 283 Å². The molecule has 0 aliphatic carbocycles. The average Bonchev–Trinajstić information content (AvgIpc) is 0.852. The first-order valence-electron chi connectivity index (χ1n) is 39.4. The zero-order valence-corrected chi connectivity index (χ0v) is 59.8. The molecule has 2 fully saturated rings. The van der Waals surface area contributed by atoms with Crippen molar-refractivity contribution >= 4 is 5.91 Å². The Morgan fingerprint density at radius 2 is 0.720 bits per heavy atom. The lowest BCUT2D eigenvalue weighted by Crippen LogP contribution is -2.65. The van der Waals surface area contributed by atoms with Crippen LogP contribution in [0.3, 0.4) is 0 Å².